The Hall–Kier alpha value is -2.66. The molecule has 0 saturated carbocycles. The molecule has 0 aliphatic carbocycles. The number of rotatable bonds is 4. The number of nitrogens with one attached hydrogen (secondary N) is 1. The molecule has 1 N–H and O–H groups in total. The van der Waals surface area contributed by atoms with E-state index in [-0.39, 0.29) is 11.7 Å². The third kappa shape index (κ3) is 2.78. The van der Waals surface area contributed by atoms with Crippen molar-refractivity contribution in [2.24, 2.45) is 0 Å². The van der Waals surface area contributed by atoms with Gasteiger partial charge in [-0.15, -0.1) is 0 Å². The van der Waals surface area contributed by atoms with Crippen molar-refractivity contribution in [1.82, 2.24) is 0 Å². The zero-order valence-electron chi connectivity index (χ0n) is 13.5. The van der Waals surface area contributed by atoms with E-state index in [2.05, 4.69) is 5.32 Å². The lowest BCUT2D eigenvalue weighted by atomic mass is 10.1. The van der Waals surface area contributed by atoms with Crippen LogP contribution in [0.15, 0.2) is 40.8 Å². The first kappa shape index (κ1) is 16.2. The van der Waals surface area contributed by atoms with E-state index in [0.29, 0.717) is 27.8 Å². The highest BCUT2D eigenvalue weighted by Crippen LogP contribution is 2.33. The van der Waals surface area contributed by atoms with Gasteiger partial charge in [0.05, 0.1) is 24.9 Å². The second-order valence-corrected chi connectivity index (χ2v) is 5.60. The minimum absolute atomic E-state index is 0.211. The number of carbonyl (C=O) groups is 1. The topological polar surface area (TPSA) is 60.7 Å². The van der Waals surface area contributed by atoms with Gasteiger partial charge in [0, 0.05) is 17.0 Å². The van der Waals surface area contributed by atoms with E-state index in [0.717, 1.165) is 10.9 Å². The standard InChI is InChI=1S/C18H16ClNO4/c1-10-12-5-4-6-13(19)17(12)24-16(10)18(21)20-14-9-11(22-2)7-8-15(14)23-3/h4-9H,1-3H3,(H,20,21). The predicted octanol–water partition coefficient (Wildman–Crippen LogP) is 4.66. The molecule has 0 bridgehead atoms. The molecule has 0 spiro atoms. The summed E-state index contributed by atoms with van der Waals surface area (Å²) in [5, 5.41) is 4.07. The van der Waals surface area contributed by atoms with E-state index in [4.69, 9.17) is 25.5 Å². The van der Waals surface area contributed by atoms with Crippen LogP contribution < -0.4 is 14.8 Å². The zero-order valence-corrected chi connectivity index (χ0v) is 14.2. The first-order valence-electron chi connectivity index (χ1n) is 7.26. The van der Waals surface area contributed by atoms with Crippen LogP contribution in [0.3, 0.4) is 0 Å². The first-order valence-corrected chi connectivity index (χ1v) is 7.64. The van der Waals surface area contributed by atoms with Crippen molar-refractivity contribution < 1.29 is 18.7 Å². The quantitative estimate of drug-likeness (QED) is 0.746. The van der Waals surface area contributed by atoms with Gasteiger partial charge in [-0.25, -0.2) is 0 Å². The number of hydrogen-bond acceptors (Lipinski definition) is 4. The molecule has 3 rings (SSSR count). The third-order valence-electron chi connectivity index (χ3n) is 3.78. The molecule has 3 aromatic rings. The number of ether oxygens (including phenoxy) is 2. The van der Waals surface area contributed by atoms with Crippen LogP contribution in [-0.2, 0) is 0 Å². The van der Waals surface area contributed by atoms with Crippen LogP contribution in [0.2, 0.25) is 5.02 Å². The number of benzene rings is 2. The van der Waals surface area contributed by atoms with E-state index in [9.17, 15) is 4.79 Å². The number of carbonyl (C=O) groups excluding carboxylic acids is 1. The molecule has 2 aromatic carbocycles. The molecule has 124 valence electrons. The summed E-state index contributed by atoms with van der Waals surface area (Å²) in [7, 11) is 3.09. The van der Waals surface area contributed by atoms with Crippen molar-refractivity contribution in [3.63, 3.8) is 0 Å². The van der Waals surface area contributed by atoms with Crippen LogP contribution in [0.1, 0.15) is 16.1 Å². The third-order valence-corrected chi connectivity index (χ3v) is 4.07. The molecule has 0 atom stereocenters. The second-order valence-electron chi connectivity index (χ2n) is 5.19. The molecule has 1 aromatic heterocycles. The van der Waals surface area contributed by atoms with Gasteiger partial charge in [-0.3, -0.25) is 4.79 Å². The highest BCUT2D eigenvalue weighted by Gasteiger charge is 2.20. The Labute approximate surface area is 144 Å². The Morgan fingerprint density at radius 2 is 1.96 bits per heavy atom. The molecule has 0 aliphatic rings. The van der Waals surface area contributed by atoms with Gasteiger partial charge in [-0.1, -0.05) is 23.7 Å². The molecule has 0 unspecified atom stereocenters. The summed E-state index contributed by atoms with van der Waals surface area (Å²) < 4.78 is 16.1. The van der Waals surface area contributed by atoms with Crippen molar-refractivity contribution in [2.75, 3.05) is 19.5 Å². The number of aryl methyl sites for hydroxylation is 1. The second kappa shape index (κ2) is 6.45. The Kier molecular flexibility index (Phi) is 4.36. The van der Waals surface area contributed by atoms with Crippen LogP contribution in [0.4, 0.5) is 5.69 Å². The molecular weight excluding hydrogens is 330 g/mol. The van der Waals surface area contributed by atoms with Gasteiger partial charge < -0.3 is 19.2 Å². The summed E-state index contributed by atoms with van der Waals surface area (Å²) in [4.78, 5) is 12.6. The molecule has 5 nitrogen and oxygen atoms in total. The summed E-state index contributed by atoms with van der Waals surface area (Å²) in [5.41, 5.74) is 1.72. The molecule has 1 heterocycles. The number of para-hydroxylation sites is 1. The van der Waals surface area contributed by atoms with Gasteiger partial charge in [0.15, 0.2) is 11.3 Å². The largest absolute Gasteiger partial charge is 0.497 e. The molecule has 0 aliphatic heterocycles. The lowest BCUT2D eigenvalue weighted by Crippen LogP contribution is -2.13. The molecular formula is C18H16ClNO4. The van der Waals surface area contributed by atoms with Crippen molar-refractivity contribution in [3.05, 3.63) is 52.7 Å². The lowest BCUT2D eigenvalue weighted by molar-refractivity contribution is 0.0997. The summed E-state index contributed by atoms with van der Waals surface area (Å²) in [6.07, 6.45) is 0. The maximum Gasteiger partial charge on any atom is 0.291 e. The maximum atomic E-state index is 12.6. The molecule has 1 amide bonds. The number of hydrogen-bond donors (Lipinski definition) is 1. The Morgan fingerprint density at radius 3 is 2.62 bits per heavy atom. The molecule has 24 heavy (non-hydrogen) atoms. The van der Waals surface area contributed by atoms with Gasteiger partial charge in [0.1, 0.15) is 11.5 Å². The highest BCUT2D eigenvalue weighted by molar-refractivity contribution is 6.35. The fraction of sp³-hybridized carbons (Fsp3) is 0.167. The fourth-order valence-electron chi connectivity index (χ4n) is 2.52. The number of methoxy groups -OCH3 is 2. The molecule has 6 heteroatoms. The summed E-state index contributed by atoms with van der Waals surface area (Å²) in [6.45, 7) is 1.82. The number of furan rings is 1. The number of amides is 1. The highest BCUT2D eigenvalue weighted by atomic mass is 35.5. The summed E-state index contributed by atoms with van der Waals surface area (Å²) >= 11 is 6.13. The van der Waals surface area contributed by atoms with Crippen molar-refractivity contribution in [3.8, 4) is 11.5 Å². The maximum absolute atomic E-state index is 12.6. The van der Waals surface area contributed by atoms with Gasteiger partial charge in [-0.05, 0) is 25.1 Å². The summed E-state index contributed by atoms with van der Waals surface area (Å²) in [6, 6.07) is 10.6. The smallest absolute Gasteiger partial charge is 0.291 e. The van der Waals surface area contributed by atoms with Gasteiger partial charge >= 0.3 is 0 Å². The number of halogens is 1. The average Bonchev–Trinajstić information content (AvgIpc) is 2.93. The van der Waals surface area contributed by atoms with E-state index in [1.54, 1.807) is 31.4 Å². The van der Waals surface area contributed by atoms with Crippen LogP contribution in [0.25, 0.3) is 11.0 Å². The molecule has 0 saturated heterocycles. The van der Waals surface area contributed by atoms with Crippen molar-refractivity contribution in [2.45, 2.75) is 6.92 Å². The first-order chi connectivity index (χ1) is 11.5. The lowest BCUT2D eigenvalue weighted by Gasteiger charge is -2.11. The average molecular weight is 346 g/mol. The van der Waals surface area contributed by atoms with Crippen LogP contribution in [0, 0.1) is 6.92 Å². The Bertz CT molecular complexity index is 917. The van der Waals surface area contributed by atoms with E-state index in [1.807, 2.05) is 19.1 Å². The van der Waals surface area contributed by atoms with Crippen molar-refractivity contribution >= 4 is 34.2 Å². The number of fused-ring (bicyclic) bond motifs is 1. The van der Waals surface area contributed by atoms with Crippen LogP contribution in [0.5, 0.6) is 11.5 Å². The van der Waals surface area contributed by atoms with Crippen LogP contribution >= 0.6 is 11.6 Å². The van der Waals surface area contributed by atoms with Gasteiger partial charge in [0.2, 0.25) is 0 Å². The minimum Gasteiger partial charge on any atom is -0.497 e. The van der Waals surface area contributed by atoms with E-state index >= 15 is 0 Å². The normalized spacial score (nSPS) is 10.7. The molecule has 0 fully saturated rings. The number of anilines is 1. The van der Waals surface area contributed by atoms with Gasteiger partial charge in [-0.2, -0.15) is 0 Å². The van der Waals surface area contributed by atoms with E-state index in [1.165, 1.54) is 7.11 Å². The fourth-order valence-corrected chi connectivity index (χ4v) is 2.73. The SMILES string of the molecule is COc1ccc(OC)c(NC(=O)c2oc3c(Cl)cccc3c2C)c1. The van der Waals surface area contributed by atoms with Crippen molar-refractivity contribution in [1.29, 1.82) is 0 Å². The zero-order chi connectivity index (χ0) is 17.3. The Morgan fingerprint density at radius 1 is 1.17 bits per heavy atom. The van der Waals surface area contributed by atoms with E-state index < -0.39 is 0 Å². The molecule has 0 radical (unpaired) electrons. The monoisotopic (exact) mass is 345 g/mol. The Balaban J connectivity index is 1.99. The minimum atomic E-state index is -0.383. The van der Waals surface area contributed by atoms with Gasteiger partial charge in [0.25, 0.3) is 5.91 Å². The van der Waals surface area contributed by atoms with Crippen LogP contribution in [-0.4, -0.2) is 20.1 Å². The predicted molar refractivity (Wildman–Crippen MR) is 93.5 cm³/mol. The summed E-state index contributed by atoms with van der Waals surface area (Å²) in [5.74, 6) is 0.959.